The van der Waals surface area contributed by atoms with Crippen LogP contribution in [0.5, 0.6) is 0 Å². The summed E-state index contributed by atoms with van der Waals surface area (Å²) in [5, 5.41) is 5.59. The van der Waals surface area contributed by atoms with Crippen LogP contribution in [0.1, 0.15) is 0 Å². The van der Waals surface area contributed by atoms with Gasteiger partial charge in [0.05, 0.1) is 16.7 Å². The number of aromatic nitrogens is 5. The Morgan fingerprint density at radius 2 is 1.10 bits per heavy atom. The maximum atomic E-state index is 6.18. The largest absolute Gasteiger partial charge is 0.454 e. The van der Waals surface area contributed by atoms with Crippen LogP contribution in [0.4, 0.5) is 0 Å². The van der Waals surface area contributed by atoms with Gasteiger partial charge >= 0.3 is 0 Å². The molecule has 0 fully saturated rings. The first-order valence-corrected chi connectivity index (χ1v) is 15.9. The second kappa shape index (κ2) is 10.4. The maximum absolute atomic E-state index is 6.18. The number of nitrogens with zero attached hydrogens (tertiary/aromatic N) is 5. The summed E-state index contributed by atoms with van der Waals surface area (Å²) in [5.74, 6) is 1.79. The lowest BCUT2D eigenvalue weighted by molar-refractivity contribution is 0.668. The topological polar surface area (TPSA) is 69.6 Å². The molecule has 0 aliphatic carbocycles. The first-order valence-electron chi connectivity index (χ1n) is 15.9. The molecule has 4 heterocycles. The molecule has 6 heteroatoms. The van der Waals surface area contributed by atoms with Crippen molar-refractivity contribution in [1.82, 2.24) is 24.5 Å². The Hall–Kier alpha value is -6.66. The molecule has 224 valence electrons. The third kappa shape index (κ3) is 4.06. The zero-order valence-electron chi connectivity index (χ0n) is 25.6. The highest BCUT2D eigenvalue weighted by atomic mass is 16.3. The van der Waals surface area contributed by atoms with Gasteiger partial charge in [0.25, 0.3) is 0 Å². The van der Waals surface area contributed by atoms with E-state index in [4.69, 9.17) is 19.4 Å². The summed E-state index contributed by atoms with van der Waals surface area (Å²) in [6.45, 7) is 0. The van der Waals surface area contributed by atoms with Crippen molar-refractivity contribution in [2.24, 2.45) is 0 Å². The Balaban J connectivity index is 1.20. The molecule has 0 spiro atoms. The lowest BCUT2D eigenvalue weighted by atomic mass is 10.0. The molecule has 0 radical (unpaired) electrons. The summed E-state index contributed by atoms with van der Waals surface area (Å²) in [4.78, 5) is 19.7. The normalized spacial score (nSPS) is 11.8. The van der Waals surface area contributed by atoms with Crippen LogP contribution in [0.25, 0.3) is 94.5 Å². The van der Waals surface area contributed by atoms with Crippen LogP contribution in [-0.4, -0.2) is 24.5 Å². The summed E-state index contributed by atoms with van der Waals surface area (Å²) in [7, 11) is 0. The first-order chi connectivity index (χ1) is 23.8. The number of hydrogen-bond donors (Lipinski definition) is 0. The predicted molar refractivity (Wildman–Crippen MR) is 193 cm³/mol. The molecule has 10 aromatic rings. The van der Waals surface area contributed by atoms with E-state index in [0.717, 1.165) is 55.2 Å². The molecule has 48 heavy (non-hydrogen) atoms. The van der Waals surface area contributed by atoms with E-state index in [-0.39, 0.29) is 0 Å². The summed E-state index contributed by atoms with van der Waals surface area (Å²) >= 11 is 0. The van der Waals surface area contributed by atoms with Crippen LogP contribution >= 0.6 is 0 Å². The lowest BCUT2D eigenvalue weighted by Crippen LogP contribution is -2.01. The molecule has 0 atom stereocenters. The van der Waals surface area contributed by atoms with Crippen LogP contribution in [-0.2, 0) is 0 Å². The van der Waals surface area contributed by atoms with Gasteiger partial charge in [0.1, 0.15) is 11.1 Å². The van der Waals surface area contributed by atoms with Gasteiger partial charge in [-0.05, 0) is 47.9 Å². The molecular formula is C42H25N5O. The van der Waals surface area contributed by atoms with Gasteiger partial charge < -0.3 is 8.98 Å². The Morgan fingerprint density at radius 1 is 0.438 bits per heavy atom. The van der Waals surface area contributed by atoms with Crippen LogP contribution in [0.3, 0.4) is 0 Å². The van der Waals surface area contributed by atoms with Crippen molar-refractivity contribution >= 4 is 54.6 Å². The van der Waals surface area contributed by atoms with Crippen molar-refractivity contribution in [3.63, 3.8) is 0 Å². The molecule has 0 amide bonds. The van der Waals surface area contributed by atoms with Gasteiger partial charge in [-0.25, -0.2) is 15.0 Å². The first kappa shape index (κ1) is 26.5. The molecule has 0 aliphatic heterocycles. The van der Waals surface area contributed by atoms with Gasteiger partial charge in [-0.2, -0.15) is 0 Å². The molecule has 6 aromatic carbocycles. The predicted octanol–water partition coefficient (Wildman–Crippen LogP) is 10.4. The fourth-order valence-corrected chi connectivity index (χ4v) is 6.94. The average Bonchev–Trinajstić information content (AvgIpc) is 3.70. The highest BCUT2D eigenvalue weighted by Gasteiger charge is 2.18. The molecule has 0 unspecified atom stereocenters. The monoisotopic (exact) mass is 615 g/mol. The van der Waals surface area contributed by atoms with Crippen molar-refractivity contribution in [1.29, 1.82) is 0 Å². The van der Waals surface area contributed by atoms with Crippen LogP contribution in [0.2, 0.25) is 0 Å². The fourth-order valence-electron chi connectivity index (χ4n) is 6.94. The third-order valence-corrected chi connectivity index (χ3v) is 9.11. The quantitative estimate of drug-likeness (QED) is 0.197. The summed E-state index contributed by atoms with van der Waals surface area (Å²) < 4.78 is 8.54. The molecule has 0 bridgehead atoms. The van der Waals surface area contributed by atoms with E-state index in [1.807, 2.05) is 60.7 Å². The Morgan fingerprint density at radius 3 is 1.92 bits per heavy atom. The number of para-hydroxylation sites is 2. The van der Waals surface area contributed by atoms with Gasteiger partial charge in [-0.15, -0.1) is 0 Å². The zero-order valence-corrected chi connectivity index (χ0v) is 25.6. The number of rotatable bonds is 4. The number of hydrogen-bond acceptors (Lipinski definition) is 5. The summed E-state index contributed by atoms with van der Waals surface area (Å²) in [6.07, 6.45) is 1.78. The van der Waals surface area contributed by atoms with Crippen molar-refractivity contribution < 1.29 is 4.42 Å². The zero-order chi connectivity index (χ0) is 31.6. The molecule has 0 saturated heterocycles. The van der Waals surface area contributed by atoms with Crippen molar-refractivity contribution in [3.8, 4) is 39.9 Å². The van der Waals surface area contributed by atoms with E-state index in [1.54, 1.807) is 6.20 Å². The fraction of sp³-hybridized carbons (Fsp3) is 0. The van der Waals surface area contributed by atoms with E-state index >= 15 is 0 Å². The third-order valence-electron chi connectivity index (χ3n) is 9.11. The van der Waals surface area contributed by atoms with E-state index < -0.39 is 0 Å². The number of pyridine rings is 1. The van der Waals surface area contributed by atoms with Crippen LogP contribution in [0, 0.1) is 0 Å². The summed E-state index contributed by atoms with van der Waals surface area (Å²) in [5.41, 5.74) is 8.47. The average molecular weight is 616 g/mol. The SMILES string of the molecule is c1ccc(-c2nc(-c3ccc4c(c3)oc3cccnc34)nc(-c3cccc4c(-n5c6ccccc6c6ccccc65)cccc34)n2)cc1. The van der Waals surface area contributed by atoms with Gasteiger partial charge in [-0.3, -0.25) is 4.98 Å². The minimum atomic E-state index is 0.574. The van der Waals surface area contributed by atoms with Crippen molar-refractivity contribution in [2.45, 2.75) is 0 Å². The minimum absolute atomic E-state index is 0.574. The molecular weight excluding hydrogens is 590 g/mol. The second-order valence-corrected chi connectivity index (χ2v) is 11.9. The van der Waals surface area contributed by atoms with Crippen molar-refractivity contribution in [2.75, 3.05) is 0 Å². The van der Waals surface area contributed by atoms with E-state index in [2.05, 4.69) is 94.5 Å². The van der Waals surface area contributed by atoms with Gasteiger partial charge in [0.15, 0.2) is 23.1 Å². The number of furan rings is 1. The molecule has 6 nitrogen and oxygen atoms in total. The highest BCUT2D eigenvalue weighted by Crippen LogP contribution is 2.38. The lowest BCUT2D eigenvalue weighted by Gasteiger charge is -2.14. The van der Waals surface area contributed by atoms with E-state index in [0.29, 0.717) is 17.5 Å². The second-order valence-electron chi connectivity index (χ2n) is 11.9. The summed E-state index contributed by atoms with van der Waals surface area (Å²) in [6, 6.07) is 50.0. The Labute approximate surface area is 274 Å². The van der Waals surface area contributed by atoms with E-state index in [1.165, 1.54) is 21.8 Å². The minimum Gasteiger partial charge on any atom is -0.454 e. The van der Waals surface area contributed by atoms with E-state index in [9.17, 15) is 0 Å². The maximum Gasteiger partial charge on any atom is 0.164 e. The highest BCUT2D eigenvalue weighted by molar-refractivity contribution is 6.11. The number of benzene rings is 6. The molecule has 0 N–H and O–H groups in total. The number of fused-ring (bicyclic) bond motifs is 7. The van der Waals surface area contributed by atoms with Crippen molar-refractivity contribution in [3.05, 3.63) is 152 Å². The Bertz CT molecular complexity index is 2800. The molecule has 4 aromatic heterocycles. The Kier molecular flexibility index (Phi) is 5.77. The van der Waals surface area contributed by atoms with Gasteiger partial charge in [0.2, 0.25) is 0 Å². The van der Waals surface area contributed by atoms with Gasteiger partial charge in [0, 0.05) is 44.4 Å². The smallest absolute Gasteiger partial charge is 0.164 e. The molecule has 0 saturated carbocycles. The van der Waals surface area contributed by atoms with Crippen LogP contribution < -0.4 is 0 Å². The van der Waals surface area contributed by atoms with Gasteiger partial charge in [-0.1, -0.05) is 103 Å². The molecule has 10 rings (SSSR count). The van der Waals surface area contributed by atoms with Crippen LogP contribution in [0.15, 0.2) is 156 Å². The molecule has 0 aliphatic rings. The standard InChI is InChI=1S/C42H25N5O/c1-2-11-26(12-3-1)40-44-41(27-22-23-33-38(25-27)48-37-21-10-24-43-39(33)37)46-42(45-40)32-17-8-16-29-28(32)15-9-20-36(29)47-34-18-6-4-13-30(34)31-14-5-7-19-35(31)47/h1-25H.